The van der Waals surface area contributed by atoms with Crippen LogP contribution < -0.4 is 16.2 Å². The quantitative estimate of drug-likeness (QED) is 0.486. The van der Waals surface area contributed by atoms with Gasteiger partial charge in [0.1, 0.15) is 5.75 Å². The third kappa shape index (κ3) is 5.11. The first kappa shape index (κ1) is 21.6. The first-order valence-corrected chi connectivity index (χ1v) is 9.60. The molecule has 0 aliphatic heterocycles. The summed E-state index contributed by atoms with van der Waals surface area (Å²) < 4.78 is 1.20. The summed E-state index contributed by atoms with van der Waals surface area (Å²) >= 11 is 0. The van der Waals surface area contributed by atoms with Gasteiger partial charge in [0.2, 0.25) is 0 Å². The number of carbonyl (C=O) groups excluding carboxylic acids is 1. The van der Waals surface area contributed by atoms with Gasteiger partial charge in [-0.05, 0) is 41.3 Å². The van der Waals surface area contributed by atoms with Crippen LogP contribution in [0.5, 0.6) is 5.75 Å². The van der Waals surface area contributed by atoms with Crippen LogP contribution >= 0.6 is 0 Å². The van der Waals surface area contributed by atoms with Gasteiger partial charge in [0, 0.05) is 13.2 Å². The molecule has 0 bridgehead atoms. The van der Waals surface area contributed by atoms with Crippen LogP contribution in [0, 0.1) is 6.92 Å². The van der Waals surface area contributed by atoms with Crippen LogP contribution in [0.4, 0.5) is 10.5 Å². The predicted molar refractivity (Wildman–Crippen MR) is 117 cm³/mol. The Morgan fingerprint density at radius 3 is 2.55 bits per heavy atom. The fraction of sp³-hybridized carbons (Fsp3) is 0.174. The van der Waals surface area contributed by atoms with E-state index >= 15 is 0 Å². The zero-order chi connectivity index (χ0) is 22.5. The first-order chi connectivity index (χ1) is 14.8. The van der Waals surface area contributed by atoms with Crippen LogP contribution in [-0.4, -0.2) is 26.8 Å². The maximum Gasteiger partial charge on any atom is 0.319 e. The lowest BCUT2D eigenvalue weighted by molar-refractivity contribution is -0.137. The number of benzene rings is 2. The molecule has 31 heavy (non-hydrogen) atoms. The number of anilines is 1. The van der Waals surface area contributed by atoms with Crippen molar-refractivity contribution >= 4 is 17.7 Å². The Morgan fingerprint density at radius 2 is 1.84 bits per heavy atom. The summed E-state index contributed by atoms with van der Waals surface area (Å²) in [5, 5.41) is 24.1. The molecular formula is C23H23N3O5. The highest BCUT2D eigenvalue weighted by molar-refractivity contribution is 5.91. The molecule has 8 heteroatoms. The highest BCUT2D eigenvalue weighted by Gasteiger charge is 2.20. The number of rotatable bonds is 6. The summed E-state index contributed by atoms with van der Waals surface area (Å²) in [7, 11) is 1.48. The standard InChI is InChI=1S/C23H23N3O5/c1-14-6-3-4-9-17(14)15-7-5-8-16(12-15)18(13-20(28)29)24-23(31)25-21-19(27)10-11-26(2)22(21)30/h3-12,18,27H,13H2,1-2H3,(H,28,29)(H2,24,25,31). The Balaban J connectivity index is 1.88. The van der Waals surface area contributed by atoms with Crippen LogP contribution in [0.2, 0.25) is 0 Å². The Morgan fingerprint density at radius 1 is 1.10 bits per heavy atom. The maximum atomic E-state index is 12.5. The van der Waals surface area contributed by atoms with Crippen molar-refractivity contribution in [2.75, 3.05) is 5.32 Å². The molecule has 0 radical (unpaired) electrons. The second-order valence-electron chi connectivity index (χ2n) is 7.18. The molecule has 2 aromatic carbocycles. The second kappa shape index (κ2) is 9.17. The number of nitrogens with one attached hydrogen (secondary N) is 2. The molecule has 1 aromatic heterocycles. The average molecular weight is 421 g/mol. The fourth-order valence-electron chi connectivity index (χ4n) is 3.29. The van der Waals surface area contributed by atoms with Gasteiger partial charge < -0.3 is 25.4 Å². The molecule has 0 fully saturated rings. The van der Waals surface area contributed by atoms with Crippen molar-refractivity contribution in [1.29, 1.82) is 0 Å². The van der Waals surface area contributed by atoms with E-state index < -0.39 is 23.6 Å². The lowest BCUT2D eigenvalue weighted by Gasteiger charge is -2.19. The smallest absolute Gasteiger partial charge is 0.319 e. The monoisotopic (exact) mass is 421 g/mol. The number of hydrogen-bond donors (Lipinski definition) is 4. The molecule has 0 spiro atoms. The molecular weight excluding hydrogens is 398 g/mol. The van der Waals surface area contributed by atoms with Crippen LogP contribution in [0.3, 0.4) is 0 Å². The number of aryl methyl sites for hydroxylation is 2. The number of amides is 2. The predicted octanol–water partition coefficient (Wildman–Crippen LogP) is 3.40. The number of carboxylic acid groups (broad SMARTS) is 1. The van der Waals surface area contributed by atoms with Crippen LogP contribution in [-0.2, 0) is 11.8 Å². The minimum atomic E-state index is -1.09. The van der Waals surface area contributed by atoms with E-state index in [0.29, 0.717) is 5.56 Å². The molecule has 0 saturated carbocycles. The van der Waals surface area contributed by atoms with Gasteiger partial charge in [0.15, 0.2) is 5.69 Å². The summed E-state index contributed by atoms with van der Waals surface area (Å²) in [6.45, 7) is 1.98. The summed E-state index contributed by atoms with van der Waals surface area (Å²) in [6.07, 6.45) is 1.01. The number of carboxylic acids is 1. The average Bonchev–Trinajstić information content (AvgIpc) is 2.73. The zero-order valence-corrected chi connectivity index (χ0v) is 17.1. The molecule has 4 N–H and O–H groups in total. The Labute approximate surface area is 178 Å². The number of carbonyl (C=O) groups is 2. The van der Waals surface area contributed by atoms with Crippen molar-refractivity contribution in [3.05, 3.63) is 82.3 Å². The molecule has 160 valence electrons. The molecule has 1 heterocycles. The molecule has 0 aliphatic rings. The van der Waals surface area contributed by atoms with Crippen molar-refractivity contribution in [3.63, 3.8) is 0 Å². The first-order valence-electron chi connectivity index (χ1n) is 9.60. The van der Waals surface area contributed by atoms with E-state index in [2.05, 4.69) is 10.6 Å². The fourth-order valence-corrected chi connectivity index (χ4v) is 3.29. The molecule has 1 unspecified atom stereocenters. The molecule has 0 saturated heterocycles. The third-order valence-corrected chi connectivity index (χ3v) is 4.91. The maximum absolute atomic E-state index is 12.5. The number of aliphatic carboxylic acids is 1. The van der Waals surface area contributed by atoms with E-state index in [1.807, 2.05) is 43.3 Å². The van der Waals surface area contributed by atoms with Crippen molar-refractivity contribution in [2.45, 2.75) is 19.4 Å². The Bertz CT molecular complexity index is 1190. The molecule has 3 rings (SSSR count). The molecule has 8 nitrogen and oxygen atoms in total. The molecule has 0 aliphatic carbocycles. The normalized spacial score (nSPS) is 11.5. The van der Waals surface area contributed by atoms with Gasteiger partial charge in [0.05, 0.1) is 12.5 Å². The van der Waals surface area contributed by atoms with Gasteiger partial charge in [-0.3, -0.25) is 9.59 Å². The van der Waals surface area contributed by atoms with Gasteiger partial charge in [0.25, 0.3) is 5.56 Å². The number of aromatic nitrogens is 1. The lowest BCUT2D eigenvalue weighted by Crippen LogP contribution is -2.36. The van der Waals surface area contributed by atoms with Gasteiger partial charge in [-0.2, -0.15) is 0 Å². The Hall–Kier alpha value is -4.07. The molecule has 3 aromatic rings. The van der Waals surface area contributed by atoms with E-state index in [-0.39, 0.29) is 17.9 Å². The van der Waals surface area contributed by atoms with E-state index in [0.717, 1.165) is 16.7 Å². The minimum absolute atomic E-state index is 0.287. The number of pyridine rings is 1. The topological polar surface area (TPSA) is 121 Å². The van der Waals surface area contributed by atoms with Gasteiger partial charge >= 0.3 is 12.0 Å². The van der Waals surface area contributed by atoms with Gasteiger partial charge in [-0.25, -0.2) is 4.79 Å². The van der Waals surface area contributed by atoms with E-state index in [1.165, 1.54) is 23.9 Å². The number of urea groups is 1. The van der Waals surface area contributed by atoms with E-state index in [4.69, 9.17) is 0 Å². The van der Waals surface area contributed by atoms with E-state index in [1.54, 1.807) is 12.1 Å². The van der Waals surface area contributed by atoms with Crippen LogP contribution in [0.25, 0.3) is 11.1 Å². The molecule has 2 amide bonds. The molecule has 1 atom stereocenters. The van der Waals surface area contributed by atoms with Crippen molar-refractivity contribution in [1.82, 2.24) is 9.88 Å². The number of aromatic hydroxyl groups is 1. The summed E-state index contributed by atoms with van der Waals surface area (Å²) in [4.78, 5) is 36.1. The van der Waals surface area contributed by atoms with Gasteiger partial charge in [-0.15, -0.1) is 0 Å². The van der Waals surface area contributed by atoms with Crippen LogP contribution in [0.15, 0.2) is 65.6 Å². The van der Waals surface area contributed by atoms with Gasteiger partial charge in [-0.1, -0.05) is 42.5 Å². The van der Waals surface area contributed by atoms with Crippen molar-refractivity contribution in [2.24, 2.45) is 7.05 Å². The van der Waals surface area contributed by atoms with Crippen LogP contribution in [0.1, 0.15) is 23.6 Å². The highest BCUT2D eigenvalue weighted by atomic mass is 16.4. The second-order valence-corrected chi connectivity index (χ2v) is 7.18. The lowest BCUT2D eigenvalue weighted by atomic mass is 9.95. The van der Waals surface area contributed by atoms with Crippen molar-refractivity contribution in [3.8, 4) is 16.9 Å². The summed E-state index contributed by atoms with van der Waals surface area (Å²) in [5.74, 6) is -1.47. The third-order valence-electron chi connectivity index (χ3n) is 4.91. The number of nitrogens with zero attached hydrogens (tertiary/aromatic N) is 1. The summed E-state index contributed by atoms with van der Waals surface area (Å²) in [6, 6.07) is 14.7. The highest BCUT2D eigenvalue weighted by Crippen LogP contribution is 2.27. The zero-order valence-electron chi connectivity index (χ0n) is 17.1. The largest absolute Gasteiger partial charge is 0.505 e. The minimum Gasteiger partial charge on any atom is -0.505 e. The summed E-state index contributed by atoms with van der Waals surface area (Å²) in [5.41, 5.74) is 2.68. The Kier molecular flexibility index (Phi) is 6.40. The number of hydrogen-bond acceptors (Lipinski definition) is 4. The van der Waals surface area contributed by atoms with Crippen molar-refractivity contribution < 1.29 is 19.8 Å². The van der Waals surface area contributed by atoms with E-state index in [9.17, 15) is 24.6 Å². The SMILES string of the molecule is Cc1ccccc1-c1cccc(C(CC(=O)O)NC(=O)Nc2c(O)ccn(C)c2=O)c1.